The fourth-order valence-corrected chi connectivity index (χ4v) is 1.24. The molecule has 1 saturated heterocycles. The number of halogens is 6. The van der Waals surface area contributed by atoms with Crippen LogP contribution in [0.15, 0.2) is 0 Å². The number of rotatable bonds is 3. The molecule has 1 rings (SSSR count). The highest BCUT2D eigenvalue weighted by Gasteiger charge is 2.42. The van der Waals surface area contributed by atoms with Gasteiger partial charge in [-0.1, -0.05) is 0 Å². The van der Waals surface area contributed by atoms with Crippen molar-refractivity contribution >= 4 is 24.8 Å². The molecular weight excluding hydrogens is 259 g/mol. The van der Waals surface area contributed by atoms with Crippen molar-refractivity contribution in [3.8, 4) is 0 Å². The van der Waals surface area contributed by atoms with Gasteiger partial charge in [-0.2, -0.15) is 8.78 Å². The van der Waals surface area contributed by atoms with Crippen LogP contribution in [0, 0.1) is 0 Å². The molecule has 0 aliphatic carbocycles. The Morgan fingerprint density at radius 1 is 1.13 bits per heavy atom. The smallest absolute Gasteiger partial charge is 0.314 e. The van der Waals surface area contributed by atoms with Crippen LogP contribution in [0.25, 0.3) is 0 Å². The second kappa shape index (κ2) is 7.49. The summed E-state index contributed by atoms with van der Waals surface area (Å²) in [6.07, 6.45) is -3.57. The lowest BCUT2D eigenvalue weighted by molar-refractivity contribution is -0.142. The molecule has 1 N–H and O–H groups in total. The molecule has 0 amide bonds. The largest absolute Gasteiger partial charge is 0.319 e. The maximum Gasteiger partial charge on any atom is 0.319 e. The fraction of sp³-hybridized carbons (Fsp3) is 1.00. The lowest BCUT2D eigenvalue weighted by atomic mass is 10.3. The fourth-order valence-electron chi connectivity index (χ4n) is 1.24. The summed E-state index contributed by atoms with van der Waals surface area (Å²) in [6, 6.07) is 0. The van der Waals surface area contributed by atoms with Crippen LogP contribution in [-0.2, 0) is 0 Å². The Kier molecular flexibility index (Phi) is 8.79. The zero-order chi connectivity index (χ0) is 9.90. The van der Waals surface area contributed by atoms with Gasteiger partial charge in [0.05, 0.1) is 6.54 Å². The molecule has 0 bridgehead atoms. The topological polar surface area (TPSA) is 15.3 Å². The number of nitrogens with one attached hydrogen (secondary N) is 1. The normalized spacial score (nSPS) is 18.2. The molecule has 2 nitrogen and oxygen atoms in total. The molecule has 0 spiro atoms. The predicted molar refractivity (Wildman–Crippen MR) is 54.8 cm³/mol. The molecule has 0 unspecified atom stereocenters. The van der Waals surface area contributed by atoms with Crippen LogP contribution in [0.5, 0.6) is 0 Å². The summed E-state index contributed by atoms with van der Waals surface area (Å²) in [7, 11) is 0. The summed E-state index contributed by atoms with van der Waals surface area (Å²) >= 11 is 0. The molecule has 0 atom stereocenters. The molecule has 0 radical (unpaired) electrons. The Balaban J connectivity index is 0. The van der Waals surface area contributed by atoms with Crippen molar-refractivity contribution < 1.29 is 17.6 Å². The average Bonchev–Trinajstić information content (AvgIpc) is 2.05. The van der Waals surface area contributed by atoms with Crippen LogP contribution in [-0.4, -0.2) is 50.0 Å². The van der Waals surface area contributed by atoms with Crippen LogP contribution in [0.1, 0.15) is 0 Å². The molecule has 0 aromatic heterocycles. The Labute approximate surface area is 98.2 Å². The van der Waals surface area contributed by atoms with Crippen LogP contribution in [0.3, 0.4) is 0 Å². The number of hydrogen-bond acceptors (Lipinski definition) is 2. The van der Waals surface area contributed by atoms with E-state index < -0.39 is 18.9 Å². The van der Waals surface area contributed by atoms with E-state index in [2.05, 4.69) is 5.32 Å². The van der Waals surface area contributed by atoms with Crippen LogP contribution >= 0.6 is 24.8 Å². The van der Waals surface area contributed by atoms with E-state index >= 15 is 0 Å². The maximum atomic E-state index is 12.5. The quantitative estimate of drug-likeness (QED) is 0.786. The average molecular weight is 273 g/mol. The molecule has 15 heavy (non-hydrogen) atoms. The number of piperazine rings is 1. The molecule has 0 aromatic carbocycles. The molecular formula is C7H14Cl2F4N2. The summed E-state index contributed by atoms with van der Waals surface area (Å²) in [6.45, 7) is 1.13. The minimum atomic E-state index is -3.88. The molecule has 0 aromatic rings. The van der Waals surface area contributed by atoms with Gasteiger partial charge in [0, 0.05) is 26.2 Å². The van der Waals surface area contributed by atoms with Crippen LogP contribution in [0.4, 0.5) is 17.6 Å². The first kappa shape index (κ1) is 17.6. The van der Waals surface area contributed by atoms with E-state index in [1.165, 1.54) is 4.90 Å². The van der Waals surface area contributed by atoms with Crippen molar-refractivity contribution in [3.63, 3.8) is 0 Å². The third-order valence-corrected chi connectivity index (χ3v) is 1.96. The van der Waals surface area contributed by atoms with E-state index in [-0.39, 0.29) is 24.8 Å². The van der Waals surface area contributed by atoms with E-state index in [0.29, 0.717) is 26.2 Å². The third kappa shape index (κ3) is 5.75. The van der Waals surface area contributed by atoms with Crippen molar-refractivity contribution in [2.75, 3.05) is 32.7 Å². The molecule has 1 fully saturated rings. The SMILES string of the molecule is Cl.Cl.FC(F)C(F)(F)CN1CCNCC1. The molecule has 0 saturated carbocycles. The second-order valence-corrected chi connectivity index (χ2v) is 3.09. The van der Waals surface area contributed by atoms with E-state index in [1.807, 2.05) is 0 Å². The minimum absolute atomic E-state index is 0. The van der Waals surface area contributed by atoms with E-state index in [0.717, 1.165) is 0 Å². The standard InChI is InChI=1S/C7H12F4N2.2ClH/c8-6(9)7(10,11)5-13-3-1-12-2-4-13;;/h6,12H,1-5H2;2*1H. The second-order valence-electron chi connectivity index (χ2n) is 3.09. The van der Waals surface area contributed by atoms with Gasteiger partial charge >= 0.3 is 12.3 Å². The molecule has 1 heterocycles. The van der Waals surface area contributed by atoms with E-state index in [1.54, 1.807) is 0 Å². The van der Waals surface area contributed by atoms with Gasteiger partial charge in [-0.25, -0.2) is 8.78 Å². The van der Waals surface area contributed by atoms with Gasteiger partial charge in [0.2, 0.25) is 0 Å². The Hall–Kier alpha value is 0.220. The third-order valence-electron chi connectivity index (χ3n) is 1.96. The van der Waals surface area contributed by atoms with Gasteiger partial charge in [0.15, 0.2) is 0 Å². The number of hydrogen-bond donors (Lipinski definition) is 1. The van der Waals surface area contributed by atoms with E-state index in [9.17, 15) is 17.6 Å². The van der Waals surface area contributed by atoms with Crippen LogP contribution < -0.4 is 5.32 Å². The first-order valence-corrected chi connectivity index (χ1v) is 4.11. The zero-order valence-corrected chi connectivity index (χ0v) is 9.52. The first-order valence-electron chi connectivity index (χ1n) is 4.11. The minimum Gasteiger partial charge on any atom is -0.314 e. The monoisotopic (exact) mass is 272 g/mol. The summed E-state index contributed by atoms with van der Waals surface area (Å²) in [5.41, 5.74) is 0. The highest BCUT2D eigenvalue weighted by molar-refractivity contribution is 5.85. The summed E-state index contributed by atoms with van der Waals surface area (Å²) < 4.78 is 48.6. The molecule has 94 valence electrons. The highest BCUT2D eigenvalue weighted by atomic mass is 35.5. The lowest BCUT2D eigenvalue weighted by Crippen LogP contribution is -2.49. The van der Waals surface area contributed by atoms with Gasteiger partial charge in [-0.05, 0) is 0 Å². The molecule has 1 aliphatic rings. The van der Waals surface area contributed by atoms with Crippen molar-refractivity contribution in [1.29, 1.82) is 0 Å². The first-order chi connectivity index (χ1) is 6.02. The lowest BCUT2D eigenvalue weighted by Gasteiger charge is -2.30. The van der Waals surface area contributed by atoms with Crippen molar-refractivity contribution in [2.24, 2.45) is 0 Å². The van der Waals surface area contributed by atoms with Crippen molar-refractivity contribution in [3.05, 3.63) is 0 Å². The summed E-state index contributed by atoms with van der Waals surface area (Å²) in [4.78, 5) is 1.35. The van der Waals surface area contributed by atoms with Gasteiger partial charge in [0.25, 0.3) is 0 Å². The van der Waals surface area contributed by atoms with E-state index in [4.69, 9.17) is 0 Å². The van der Waals surface area contributed by atoms with Gasteiger partial charge in [-0.15, -0.1) is 24.8 Å². The summed E-state index contributed by atoms with van der Waals surface area (Å²) in [5.74, 6) is -3.88. The van der Waals surface area contributed by atoms with Crippen molar-refractivity contribution in [2.45, 2.75) is 12.3 Å². The summed E-state index contributed by atoms with van der Waals surface area (Å²) in [5, 5.41) is 2.96. The zero-order valence-electron chi connectivity index (χ0n) is 7.89. The maximum absolute atomic E-state index is 12.5. The Morgan fingerprint density at radius 3 is 2.00 bits per heavy atom. The van der Waals surface area contributed by atoms with Gasteiger partial charge in [0.1, 0.15) is 0 Å². The number of alkyl halides is 4. The number of nitrogens with zero attached hydrogens (tertiary/aromatic N) is 1. The molecule has 1 aliphatic heterocycles. The highest BCUT2D eigenvalue weighted by Crippen LogP contribution is 2.23. The van der Waals surface area contributed by atoms with Crippen molar-refractivity contribution in [1.82, 2.24) is 10.2 Å². The Morgan fingerprint density at radius 2 is 1.60 bits per heavy atom. The molecule has 8 heteroatoms. The van der Waals surface area contributed by atoms with Crippen LogP contribution in [0.2, 0.25) is 0 Å². The Bertz CT molecular complexity index is 165. The predicted octanol–water partition coefficient (Wildman–Crippen LogP) is 1.64. The van der Waals surface area contributed by atoms with Gasteiger partial charge < -0.3 is 5.32 Å². The van der Waals surface area contributed by atoms with Gasteiger partial charge in [-0.3, -0.25) is 4.90 Å².